The summed E-state index contributed by atoms with van der Waals surface area (Å²) in [5.41, 5.74) is 1.61. The van der Waals surface area contributed by atoms with E-state index in [9.17, 15) is 9.59 Å². The molecule has 2 aromatic rings. The number of nitrogens with zero attached hydrogens (tertiary/aromatic N) is 1. The lowest BCUT2D eigenvalue weighted by Gasteiger charge is -2.14. The summed E-state index contributed by atoms with van der Waals surface area (Å²) in [6, 6.07) is 11.8. The fourth-order valence-corrected chi connectivity index (χ4v) is 2.32. The fraction of sp³-hybridized carbons (Fsp3) is 0.300. The smallest absolute Gasteiger partial charge is 0.255 e. The van der Waals surface area contributed by atoms with Crippen LogP contribution in [0.15, 0.2) is 42.5 Å². The molecule has 0 saturated carbocycles. The first-order valence-electron chi connectivity index (χ1n) is 8.29. The van der Waals surface area contributed by atoms with Crippen molar-refractivity contribution in [3.8, 4) is 11.5 Å². The normalized spacial score (nSPS) is 10.4. The molecule has 0 bridgehead atoms. The van der Waals surface area contributed by atoms with Gasteiger partial charge in [-0.25, -0.2) is 0 Å². The zero-order chi connectivity index (χ0) is 19.3. The minimum absolute atomic E-state index is 0.00645. The molecule has 6 nitrogen and oxygen atoms in total. The second-order valence-electron chi connectivity index (χ2n) is 6.26. The molecule has 6 heteroatoms. The predicted octanol–water partition coefficient (Wildman–Crippen LogP) is 3.44. The molecule has 0 aromatic heterocycles. The van der Waals surface area contributed by atoms with Gasteiger partial charge in [0.25, 0.3) is 11.8 Å². The second kappa shape index (κ2) is 8.38. The van der Waals surface area contributed by atoms with Gasteiger partial charge in [-0.15, -0.1) is 0 Å². The Bertz CT molecular complexity index is 783. The van der Waals surface area contributed by atoms with Crippen LogP contribution in [-0.2, 0) is 0 Å². The largest absolute Gasteiger partial charge is 0.493 e. The summed E-state index contributed by atoms with van der Waals surface area (Å²) < 4.78 is 11.0. The predicted molar refractivity (Wildman–Crippen MR) is 101 cm³/mol. The van der Waals surface area contributed by atoms with E-state index in [4.69, 9.17) is 9.47 Å². The van der Waals surface area contributed by atoms with E-state index >= 15 is 0 Å². The molecule has 2 aromatic carbocycles. The molecular weight excluding hydrogens is 332 g/mol. The molecule has 0 atom stereocenters. The van der Waals surface area contributed by atoms with E-state index in [0.717, 1.165) is 0 Å². The van der Waals surface area contributed by atoms with E-state index in [1.165, 1.54) is 12.0 Å². The van der Waals surface area contributed by atoms with Gasteiger partial charge >= 0.3 is 0 Å². The number of benzene rings is 2. The number of carbonyl (C=O) groups is 2. The topological polar surface area (TPSA) is 67.9 Å². The zero-order valence-electron chi connectivity index (χ0n) is 15.7. The van der Waals surface area contributed by atoms with E-state index in [1.807, 2.05) is 13.8 Å². The first-order chi connectivity index (χ1) is 12.3. The molecule has 0 saturated heterocycles. The van der Waals surface area contributed by atoms with Gasteiger partial charge in [-0.05, 0) is 56.3 Å². The first kappa shape index (κ1) is 19.3. The highest BCUT2D eigenvalue weighted by atomic mass is 16.5. The Labute approximate surface area is 153 Å². The monoisotopic (exact) mass is 356 g/mol. The van der Waals surface area contributed by atoms with Crippen LogP contribution >= 0.6 is 0 Å². The number of hydrogen-bond acceptors (Lipinski definition) is 4. The average Bonchev–Trinajstić information content (AvgIpc) is 2.61. The number of methoxy groups -OCH3 is 1. The maximum atomic E-state index is 12.5. The van der Waals surface area contributed by atoms with Crippen LogP contribution in [0.4, 0.5) is 5.69 Å². The van der Waals surface area contributed by atoms with Crippen molar-refractivity contribution in [2.24, 2.45) is 0 Å². The number of amides is 2. The summed E-state index contributed by atoms with van der Waals surface area (Å²) >= 11 is 0. The minimum atomic E-state index is -0.272. The first-order valence-corrected chi connectivity index (χ1v) is 8.29. The Kier molecular flexibility index (Phi) is 6.22. The molecule has 0 fully saturated rings. The molecule has 0 unspecified atom stereocenters. The molecule has 2 rings (SSSR count). The maximum Gasteiger partial charge on any atom is 0.255 e. The second-order valence-corrected chi connectivity index (χ2v) is 6.26. The molecule has 26 heavy (non-hydrogen) atoms. The number of nitrogens with one attached hydrogen (secondary N) is 1. The summed E-state index contributed by atoms with van der Waals surface area (Å²) in [5.74, 6) is 0.725. The highest BCUT2D eigenvalue weighted by Gasteiger charge is 2.13. The molecule has 0 aliphatic carbocycles. The molecule has 0 aliphatic rings. The van der Waals surface area contributed by atoms with Gasteiger partial charge in [0.1, 0.15) is 0 Å². The highest BCUT2D eigenvalue weighted by molar-refractivity contribution is 6.05. The summed E-state index contributed by atoms with van der Waals surface area (Å²) in [7, 11) is 4.92. The van der Waals surface area contributed by atoms with Crippen molar-refractivity contribution in [2.75, 3.05) is 26.5 Å². The van der Waals surface area contributed by atoms with Crippen LogP contribution in [0.2, 0.25) is 0 Å². The number of rotatable bonds is 6. The Morgan fingerprint density at radius 1 is 0.962 bits per heavy atom. The van der Waals surface area contributed by atoms with Crippen LogP contribution in [0.3, 0.4) is 0 Å². The molecular formula is C20H24N2O4. The van der Waals surface area contributed by atoms with Crippen molar-refractivity contribution in [3.05, 3.63) is 53.6 Å². The molecule has 0 heterocycles. The minimum Gasteiger partial charge on any atom is -0.493 e. The molecule has 2 amide bonds. The van der Waals surface area contributed by atoms with Crippen molar-refractivity contribution in [1.29, 1.82) is 0 Å². The Balaban J connectivity index is 2.13. The van der Waals surface area contributed by atoms with Gasteiger partial charge in [0.15, 0.2) is 11.5 Å². The third kappa shape index (κ3) is 4.75. The lowest BCUT2D eigenvalue weighted by molar-refractivity contribution is 0.0827. The summed E-state index contributed by atoms with van der Waals surface area (Å²) in [6.07, 6.45) is 0.00645. The van der Waals surface area contributed by atoms with Gasteiger partial charge in [-0.1, -0.05) is 0 Å². The van der Waals surface area contributed by atoms with E-state index in [1.54, 1.807) is 56.6 Å². The molecule has 0 aliphatic heterocycles. The van der Waals surface area contributed by atoms with E-state index < -0.39 is 0 Å². The van der Waals surface area contributed by atoms with Gasteiger partial charge in [-0.3, -0.25) is 9.59 Å². The van der Waals surface area contributed by atoms with Crippen LogP contribution in [0, 0.1) is 0 Å². The van der Waals surface area contributed by atoms with E-state index in [2.05, 4.69) is 5.32 Å². The van der Waals surface area contributed by atoms with Gasteiger partial charge < -0.3 is 19.7 Å². The van der Waals surface area contributed by atoms with Crippen molar-refractivity contribution in [1.82, 2.24) is 4.90 Å². The fourth-order valence-electron chi connectivity index (χ4n) is 2.32. The molecule has 0 spiro atoms. The Hall–Kier alpha value is -3.02. The van der Waals surface area contributed by atoms with Gasteiger partial charge in [0, 0.05) is 30.9 Å². The van der Waals surface area contributed by atoms with E-state index in [0.29, 0.717) is 28.3 Å². The number of hydrogen-bond donors (Lipinski definition) is 1. The van der Waals surface area contributed by atoms with Crippen molar-refractivity contribution >= 4 is 17.5 Å². The quantitative estimate of drug-likeness (QED) is 0.861. The Morgan fingerprint density at radius 2 is 1.58 bits per heavy atom. The summed E-state index contributed by atoms with van der Waals surface area (Å²) in [4.78, 5) is 25.9. The maximum absolute atomic E-state index is 12.5. The van der Waals surface area contributed by atoms with Crippen LogP contribution in [0.1, 0.15) is 34.6 Å². The van der Waals surface area contributed by atoms with Gasteiger partial charge in [0.05, 0.1) is 13.2 Å². The standard InChI is InChI=1S/C20H24N2O4/c1-13(2)26-17-11-8-15(12-18(17)25-5)19(23)21-16-9-6-14(7-10-16)20(24)22(3)4/h6-13H,1-5H3,(H,21,23). The molecule has 0 radical (unpaired) electrons. The van der Waals surface area contributed by atoms with Gasteiger partial charge in [-0.2, -0.15) is 0 Å². The molecule has 1 N–H and O–H groups in total. The van der Waals surface area contributed by atoms with Crippen LogP contribution in [-0.4, -0.2) is 44.0 Å². The van der Waals surface area contributed by atoms with Crippen molar-refractivity contribution < 1.29 is 19.1 Å². The SMILES string of the molecule is COc1cc(C(=O)Nc2ccc(C(=O)N(C)C)cc2)ccc1OC(C)C. The molecule has 138 valence electrons. The lowest BCUT2D eigenvalue weighted by Crippen LogP contribution is -2.21. The summed E-state index contributed by atoms with van der Waals surface area (Å²) in [5, 5.41) is 2.80. The van der Waals surface area contributed by atoms with Crippen LogP contribution in [0.5, 0.6) is 11.5 Å². The van der Waals surface area contributed by atoms with Gasteiger partial charge in [0.2, 0.25) is 0 Å². The third-order valence-corrected chi connectivity index (χ3v) is 3.58. The number of anilines is 1. The van der Waals surface area contributed by atoms with Crippen molar-refractivity contribution in [2.45, 2.75) is 20.0 Å². The number of carbonyl (C=O) groups excluding carboxylic acids is 2. The Morgan fingerprint density at radius 3 is 2.12 bits per heavy atom. The average molecular weight is 356 g/mol. The zero-order valence-corrected chi connectivity index (χ0v) is 15.7. The summed E-state index contributed by atoms with van der Waals surface area (Å²) in [6.45, 7) is 3.84. The van der Waals surface area contributed by atoms with Crippen LogP contribution < -0.4 is 14.8 Å². The highest BCUT2D eigenvalue weighted by Crippen LogP contribution is 2.29. The third-order valence-electron chi connectivity index (χ3n) is 3.58. The van der Waals surface area contributed by atoms with Crippen LogP contribution in [0.25, 0.3) is 0 Å². The lowest BCUT2D eigenvalue weighted by atomic mass is 10.1. The van der Waals surface area contributed by atoms with E-state index in [-0.39, 0.29) is 17.9 Å². The van der Waals surface area contributed by atoms with Crippen molar-refractivity contribution in [3.63, 3.8) is 0 Å². The number of ether oxygens (including phenoxy) is 2.